The lowest BCUT2D eigenvalue weighted by molar-refractivity contribution is 0.581. The van der Waals surface area contributed by atoms with Crippen LogP contribution in [-0.2, 0) is 6.54 Å². The molecule has 0 amide bonds. The summed E-state index contributed by atoms with van der Waals surface area (Å²) in [6.07, 6.45) is 0. The van der Waals surface area contributed by atoms with Gasteiger partial charge in [-0.2, -0.15) is 0 Å². The molecule has 0 aliphatic rings. The second-order valence-electron chi connectivity index (χ2n) is 5.33. The number of rotatable bonds is 5. The van der Waals surface area contributed by atoms with E-state index >= 15 is 0 Å². The molecule has 4 heteroatoms. The van der Waals surface area contributed by atoms with Crippen LogP contribution in [0.1, 0.15) is 19.4 Å². The predicted octanol–water partition coefficient (Wildman–Crippen LogP) is 4.23. The first-order chi connectivity index (χ1) is 9.99. The Bertz CT molecular complexity index is 611. The highest BCUT2D eigenvalue weighted by molar-refractivity contribution is 5.63. The van der Waals surface area contributed by atoms with Crippen molar-refractivity contribution in [1.82, 2.24) is 5.32 Å². The van der Waals surface area contributed by atoms with Gasteiger partial charge in [0.1, 0.15) is 11.6 Å². The molecule has 0 spiro atoms. The first kappa shape index (κ1) is 15.4. The number of nitrogens with zero attached hydrogens (tertiary/aromatic N) is 1. The third kappa shape index (κ3) is 3.79. The van der Waals surface area contributed by atoms with Gasteiger partial charge in [0.2, 0.25) is 0 Å². The zero-order chi connectivity index (χ0) is 15.4. The van der Waals surface area contributed by atoms with E-state index in [1.54, 1.807) is 31.3 Å². The summed E-state index contributed by atoms with van der Waals surface area (Å²) in [5.41, 5.74) is 1.57. The highest BCUT2D eigenvalue weighted by Gasteiger charge is 2.13. The molecular formula is C17H20F2N2. The van der Waals surface area contributed by atoms with Gasteiger partial charge in [0.15, 0.2) is 0 Å². The van der Waals surface area contributed by atoms with Crippen LogP contribution in [0.2, 0.25) is 0 Å². The zero-order valence-electron chi connectivity index (χ0n) is 12.5. The molecule has 2 rings (SSSR count). The van der Waals surface area contributed by atoms with Crippen molar-refractivity contribution in [3.8, 4) is 0 Å². The molecule has 21 heavy (non-hydrogen) atoms. The zero-order valence-corrected chi connectivity index (χ0v) is 12.5. The summed E-state index contributed by atoms with van der Waals surface area (Å²) in [5.74, 6) is -0.728. The third-order valence-electron chi connectivity index (χ3n) is 3.30. The van der Waals surface area contributed by atoms with Crippen LogP contribution in [0.25, 0.3) is 0 Å². The van der Waals surface area contributed by atoms with Gasteiger partial charge in [-0.15, -0.1) is 0 Å². The van der Waals surface area contributed by atoms with E-state index in [2.05, 4.69) is 5.32 Å². The van der Waals surface area contributed by atoms with Crippen LogP contribution < -0.4 is 10.2 Å². The smallest absolute Gasteiger partial charge is 0.147 e. The molecule has 0 radical (unpaired) electrons. The van der Waals surface area contributed by atoms with Crippen LogP contribution in [0.5, 0.6) is 0 Å². The van der Waals surface area contributed by atoms with Crippen molar-refractivity contribution in [2.24, 2.45) is 0 Å². The fraction of sp³-hybridized carbons (Fsp3) is 0.294. The van der Waals surface area contributed by atoms with Crippen molar-refractivity contribution >= 4 is 11.4 Å². The number of anilines is 2. The first-order valence-electron chi connectivity index (χ1n) is 6.99. The van der Waals surface area contributed by atoms with Crippen molar-refractivity contribution in [3.05, 3.63) is 59.7 Å². The monoisotopic (exact) mass is 290 g/mol. The second-order valence-corrected chi connectivity index (χ2v) is 5.33. The van der Waals surface area contributed by atoms with E-state index < -0.39 is 0 Å². The lowest BCUT2D eigenvalue weighted by atomic mass is 10.1. The normalized spacial score (nSPS) is 11.0. The van der Waals surface area contributed by atoms with Crippen LogP contribution >= 0.6 is 0 Å². The van der Waals surface area contributed by atoms with Crippen LogP contribution in [0.3, 0.4) is 0 Å². The van der Waals surface area contributed by atoms with E-state index in [4.69, 9.17) is 0 Å². The van der Waals surface area contributed by atoms with E-state index in [0.29, 0.717) is 24.0 Å². The standard InChI is InChI=1S/C17H20F2N2/c1-12(2)20-11-13-8-9-17(15(19)10-13)21(3)16-7-5-4-6-14(16)18/h4-10,12,20H,11H2,1-3H3. The molecule has 0 heterocycles. The minimum atomic E-state index is -0.370. The van der Waals surface area contributed by atoms with E-state index in [0.717, 1.165) is 5.56 Å². The van der Waals surface area contributed by atoms with Crippen molar-refractivity contribution < 1.29 is 8.78 Å². The van der Waals surface area contributed by atoms with Gasteiger partial charge < -0.3 is 10.2 Å². The summed E-state index contributed by atoms with van der Waals surface area (Å²) >= 11 is 0. The Morgan fingerprint density at radius 3 is 2.29 bits per heavy atom. The summed E-state index contributed by atoms with van der Waals surface area (Å²) in [4.78, 5) is 1.52. The average Bonchev–Trinajstić information content (AvgIpc) is 2.45. The Hall–Kier alpha value is -1.94. The minimum Gasteiger partial charge on any atom is -0.340 e. The Kier molecular flexibility index (Phi) is 4.91. The summed E-state index contributed by atoms with van der Waals surface area (Å²) in [5, 5.41) is 3.24. The molecule has 0 fully saturated rings. The molecule has 0 unspecified atom stereocenters. The maximum absolute atomic E-state index is 14.3. The van der Waals surface area contributed by atoms with Crippen LogP contribution in [0, 0.1) is 11.6 Å². The molecule has 2 aromatic carbocycles. The van der Waals surface area contributed by atoms with Crippen molar-refractivity contribution in [2.45, 2.75) is 26.4 Å². The number of benzene rings is 2. The lowest BCUT2D eigenvalue weighted by Gasteiger charge is -2.21. The van der Waals surface area contributed by atoms with Gasteiger partial charge in [0.05, 0.1) is 11.4 Å². The largest absolute Gasteiger partial charge is 0.340 e. The second kappa shape index (κ2) is 6.68. The first-order valence-corrected chi connectivity index (χ1v) is 6.99. The molecule has 1 N–H and O–H groups in total. The highest BCUT2D eigenvalue weighted by atomic mass is 19.1. The van der Waals surface area contributed by atoms with Gasteiger partial charge in [-0.05, 0) is 29.8 Å². The van der Waals surface area contributed by atoms with E-state index in [1.807, 2.05) is 19.9 Å². The molecule has 0 saturated heterocycles. The van der Waals surface area contributed by atoms with E-state index in [1.165, 1.54) is 17.0 Å². The van der Waals surface area contributed by atoms with E-state index in [-0.39, 0.29) is 11.6 Å². The maximum Gasteiger partial charge on any atom is 0.147 e. The fourth-order valence-electron chi connectivity index (χ4n) is 2.11. The van der Waals surface area contributed by atoms with Crippen molar-refractivity contribution in [2.75, 3.05) is 11.9 Å². The van der Waals surface area contributed by atoms with Gasteiger partial charge in [-0.25, -0.2) is 8.78 Å². The summed E-state index contributed by atoms with van der Waals surface area (Å²) in [6, 6.07) is 11.7. The fourth-order valence-corrected chi connectivity index (χ4v) is 2.11. The number of para-hydroxylation sites is 1. The Morgan fingerprint density at radius 2 is 1.67 bits per heavy atom. The van der Waals surface area contributed by atoms with Crippen molar-refractivity contribution in [3.63, 3.8) is 0 Å². The lowest BCUT2D eigenvalue weighted by Crippen LogP contribution is -2.22. The van der Waals surface area contributed by atoms with Crippen LogP contribution in [0.15, 0.2) is 42.5 Å². The summed E-state index contributed by atoms with van der Waals surface area (Å²) < 4.78 is 28.0. The van der Waals surface area contributed by atoms with Gasteiger partial charge in [-0.1, -0.05) is 32.0 Å². The van der Waals surface area contributed by atoms with E-state index in [9.17, 15) is 8.78 Å². The molecule has 0 atom stereocenters. The van der Waals surface area contributed by atoms with Gasteiger partial charge in [0, 0.05) is 19.6 Å². The third-order valence-corrected chi connectivity index (χ3v) is 3.30. The summed E-state index contributed by atoms with van der Waals surface area (Å²) in [6.45, 7) is 4.69. The van der Waals surface area contributed by atoms with Gasteiger partial charge in [-0.3, -0.25) is 0 Å². The Morgan fingerprint density at radius 1 is 1.00 bits per heavy atom. The predicted molar refractivity (Wildman–Crippen MR) is 82.8 cm³/mol. The van der Waals surface area contributed by atoms with Crippen molar-refractivity contribution in [1.29, 1.82) is 0 Å². The molecule has 0 aromatic heterocycles. The number of halogens is 2. The number of hydrogen-bond acceptors (Lipinski definition) is 2. The van der Waals surface area contributed by atoms with Gasteiger partial charge >= 0.3 is 0 Å². The topological polar surface area (TPSA) is 15.3 Å². The van der Waals surface area contributed by atoms with Crippen LogP contribution in [-0.4, -0.2) is 13.1 Å². The quantitative estimate of drug-likeness (QED) is 0.886. The minimum absolute atomic E-state index is 0.342. The molecule has 0 saturated carbocycles. The average molecular weight is 290 g/mol. The van der Waals surface area contributed by atoms with Crippen LogP contribution in [0.4, 0.5) is 20.2 Å². The Balaban J connectivity index is 2.23. The highest BCUT2D eigenvalue weighted by Crippen LogP contribution is 2.28. The molecule has 2 aromatic rings. The Labute approximate surface area is 124 Å². The maximum atomic E-state index is 14.3. The molecule has 0 aliphatic carbocycles. The number of nitrogens with one attached hydrogen (secondary N) is 1. The molecule has 0 aliphatic heterocycles. The molecule has 112 valence electrons. The van der Waals surface area contributed by atoms with Gasteiger partial charge in [0.25, 0.3) is 0 Å². The number of hydrogen-bond donors (Lipinski definition) is 1. The molecule has 2 nitrogen and oxygen atoms in total. The SMILES string of the molecule is CC(C)NCc1ccc(N(C)c2ccccc2F)c(F)c1. The molecule has 0 bridgehead atoms. The summed E-state index contributed by atoms with van der Waals surface area (Å²) in [7, 11) is 1.66. The molecular weight excluding hydrogens is 270 g/mol.